The molecule has 0 bridgehead atoms. The van der Waals surface area contributed by atoms with Crippen LogP contribution in [0.5, 0.6) is 0 Å². The molecule has 1 atom stereocenters. The van der Waals surface area contributed by atoms with Crippen LogP contribution in [0.4, 0.5) is 8.78 Å². The minimum absolute atomic E-state index is 0.166. The summed E-state index contributed by atoms with van der Waals surface area (Å²) in [6, 6.07) is 9.64. The Morgan fingerprint density at radius 2 is 1.93 bits per heavy atom. The molecule has 0 spiro atoms. The summed E-state index contributed by atoms with van der Waals surface area (Å²) in [7, 11) is 0. The number of benzene rings is 1. The Labute approximate surface area is 87.4 Å². The van der Waals surface area contributed by atoms with Crippen LogP contribution in [0.3, 0.4) is 0 Å². The molecule has 1 saturated heterocycles. The van der Waals surface area contributed by atoms with Crippen LogP contribution in [0.1, 0.15) is 12.0 Å². The second-order valence-electron chi connectivity index (χ2n) is 3.59. The van der Waals surface area contributed by atoms with Gasteiger partial charge in [0.1, 0.15) is 6.10 Å². The number of rotatable bonds is 4. The lowest BCUT2D eigenvalue weighted by Crippen LogP contribution is -1.97. The molecule has 0 aliphatic carbocycles. The quantitative estimate of drug-likeness (QED) is 0.695. The van der Waals surface area contributed by atoms with E-state index in [1.54, 1.807) is 0 Å². The normalized spacial score (nSPS) is 18.7. The first kappa shape index (κ1) is 10.3. The summed E-state index contributed by atoms with van der Waals surface area (Å²) in [6.07, 6.45) is -0.864. The van der Waals surface area contributed by atoms with Crippen molar-refractivity contribution in [2.24, 2.45) is 0 Å². The standard InChI is InChI=1S/C12H12F2O/c13-12(14)10(11-8-15-11)7-6-9-4-2-1-3-5-9/h1-5,11H,6-8H2/t11-/m1/s1. The van der Waals surface area contributed by atoms with Gasteiger partial charge >= 0.3 is 0 Å². The molecule has 15 heavy (non-hydrogen) atoms. The Morgan fingerprint density at radius 3 is 2.47 bits per heavy atom. The van der Waals surface area contributed by atoms with Crippen molar-refractivity contribution in [3.63, 3.8) is 0 Å². The number of hydrogen-bond acceptors (Lipinski definition) is 1. The molecule has 1 fully saturated rings. The third-order valence-electron chi connectivity index (χ3n) is 2.49. The molecule has 0 N–H and O–H groups in total. The van der Waals surface area contributed by atoms with E-state index in [-0.39, 0.29) is 11.7 Å². The summed E-state index contributed by atoms with van der Waals surface area (Å²) in [5, 5.41) is 0. The SMILES string of the molecule is FC(F)=C(CCc1ccccc1)[C@H]1CO1. The lowest BCUT2D eigenvalue weighted by Gasteiger charge is -2.03. The van der Waals surface area contributed by atoms with Crippen LogP contribution in [0.2, 0.25) is 0 Å². The van der Waals surface area contributed by atoms with Gasteiger partial charge in [-0.25, -0.2) is 0 Å². The van der Waals surface area contributed by atoms with E-state index in [9.17, 15) is 8.78 Å². The molecule has 0 aromatic heterocycles. The summed E-state index contributed by atoms with van der Waals surface area (Å²) < 4.78 is 29.9. The van der Waals surface area contributed by atoms with E-state index in [4.69, 9.17) is 4.74 Å². The minimum atomic E-state index is -1.58. The molecule has 0 unspecified atom stereocenters. The summed E-state index contributed by atoms with van der Waals surface area (Å²) in [6.45, 7) is 0.446. The van der Waals surface area contributed by atoms with Gasteiger partial charge in [0.25, 0.3) is 6.08 Å². The molecular weight excluding hydrogens is 198 g/mol. The average molecular weight is 210 g/mol. The zero-order valence-electron chi connectivity index (χ0n) is 8.25. The van der Waals surface area contributed by atoms with Gasteiger partial charge in [-0.15, -0.1) is 0 Å². The van der Waals surface area contributed by atoms with E-state index in [2.05, 4.69) is 0 Å². The molecule has 1 aromatic carbocycles. The van der Waals surface area contributed by atoms with Crippen molar-refractivity contribution in [2.45, 2.75) is 18.9 Å². The Balaban J connectivity index is 1.95. The fraction of sp³-hybridized carbons (Fsp3) is 0.333. The van der Waals surface area contributed by atoms with E-state index in [1.807, 2.05) is 30.3 Å². The number of hydrogen-bond donors (Lipinski definition) is 0. The maximum Gasteiger partial charge on any atom is 0.272 e. The fourth-order valence-corrected chi connectivity index (χ4v) is 1.55. The highest BCUT2D eigenvalue weighted by molar-refractivity contribution is 5.20. The van der Waals surface area contributed by atoms with Crippen molar-refractivity contribution in [3.8, 4) is 0 Å². The minimum Gasteiger partial charge on any atom is -0.368 e. The molecule has 1 nitrogen and oxygen atoms in total. The molecule has 80 valence electrons. The predicted octanol–water partition coefficient (Wildman–Crippen LogP) is 3.17. The molecule has 0 radical (unpaired) electrons. The molecule has 2 rings (SSSR count). The molecule has 0 amide bonds. The first-order valence-corrected chi connectivity index (χ1v) is 4.97. The summed E-state index contributed by atoms with van der Waals surface area (Å²) in [5.41, 5.74) is 1.25. The number of ether oxygens (including phenoxy) is 1. The van der Waals surface area contributed by atoms with Crippen molar-refractivity contribution >= 4 is 0 Å². The van der Waals surface area contributed by atoms with E-state index in [0.29, 0.717) is 19.4 Å². The summed E-state index contributed by atoms with van der Waals surface area (Å²) >= 11 is 0. The first-order valence-electron chi connectivity index (χ1n) is 4.97. The van der Waals surface area contributed by atoms with Crippen molar-refractivity contribution in [3.05, 3.63) is 47.5 Å². The van der Waals surface area contributed by atoms with Gasteiger partial charge in [0.2, 0.25) is 0 Å². The number of epoxide rings is 1. The second kappa shape index (κ2) is 4.53. The highest BCUT2D eigenvalue weighted by atomic mass is 19.3. The van der Waals surface area contributed by atoms with Crippen molar-refractivity contribution in [1.82, 2.24) is 0 Å². The number of halogens is 2. The van der Waals surface area contributed by atoms with Gasteiger partial charge in [-0.05, 0) is 18.4 Å². The van der Waals surface area contributed by atoms with Gasteiger partial charge in [-0.2, -0.15) is 8.78 Å². The van der Waals surface area contributed by atoms with Gasteiger partial charge in [-0.1, -0.05) is 30.3 Å². The molecular formula is C12H12F2O. The van der Waals surface area contributed by atoms with Gasteiger partial charge in [0.15, 0.2) is 0 Å². The second-order valence-corrected chi connectivity index (χ2v) is 3.59. The lowest BCUT2D eigenvalue weighted by atomic mass is 10.0. The molecule has 1 aliphatic heterocycles. The Kier molecular flexibility index (Phi) is 3.11. The van der Waals surface area contributed by atoms with E-state index < -0.39 is 6.08 Å². The largest absolute Gasteiger partial charge is 0.368 e. The summed E-state index contributed by atoms with van der Waals surface area (Å²) in [4.78, 5) is 0. The summed E-state index contributed by atoms with van der Waals surface area (Å²) in [5.74, 6) is 0. The molecule has 3 heteroatoms. The third kappa shape index (κ3) is 2.86. The van der Waals surface area contributed by atoms with Gasteiger partial charge in [0, 0.05) is 5.57 Å². The molecule has 0 saturated carbocycles. The maximum atomic E-state index is 12.5. The van der Waals surface area contributed by atoms with Crippen molar-refractivity contribution < 1.29 is 13.5 Å². The van der Waals surface area contributed by atoms with Crippen LogP contribution in [-0.2, 0) is 11.2 Å². The maximum absolute atomic E-state index is 12.5. The average Bonchev–Trinajstić information content (AvgIpc) is 3.03. The molecule has 1 aromatic rings. The molecule has 1 heterocycles. The fourth-order valence-electron chi connectivity index (χ4n) is 1.55. The van der Waals surface area contributed by atoms with Gasteiger partial charge in [0.05, 0.1) is 6.61 Å². The zero-order valence-corrected chi connectivity index (χ0v) is 8.25. The van der Waals surface area contributed by atoms with E-state index in [1.165, 1.54) is 0 Å². The van der Waals surface area contributed by atoms with Crippen LogP contribution < -0.4 is 0 Å². The van der Waals surface area contributed by atoms with Crippen molar-refractivity contribution in [1.29, 1.82) is 0 Å². The third-order valence-corrected chi connectivity index (χ3v) is 2.49. The van der Waals surface area contributed by atoms with Crippen molar-refractivity contribution in [2.75, 3.05) is 6.61 Å². The number of aryl methyl sites for hydroxylation is 1. The van der Waals surface area contributed by atoms with Crippen LogP contribution in [0, 0.1) is 0 Å². The van der Waals surface area contributed by atoms with Crippen LogP contribution in [-0.4, -0.2) is 12.7 Å². The van der Waals surface area contributed by atoms with Crippen LogP contribution >= 0.6 is 0 Å². The Morgan fingerprint density at radius 1 is 1.27 bits per heavy atom. The van der Waals surface area contributed by atoms with E-state index >= 15 is 0 Å². The van der Waals surface area contributed by atoms with E-state index in [0.717, 1.165) is 5.56 Å². The Hall–Kier alpha value is -1.22. The highest BCUT2D eigenvalue weighted by Gasteiger charge is 2.30. The topological polar surface area (TPSA) is 12.5 Å². The predicted molar refractivity (Wildman–Crippen MR) is 53.7 cm³/mol. The molecule has 1 aliphatic rings. The van der Waals surface area contributed by atoms with Crippen LogP contribution in [0.25, 0.3) is 0 Å². The zero-order chi connectivity index (χ0) is 10.7. The van der Waals surface area contributed by atoms with Gasteiger partial charge < -0.3 is 4.74 Å². The lowest BCUT2D eigenvalue weighted by molar-refractivity contribution is 0.375. The van der Waals surface area contributed by atoms with Gasteiger partial charge in [-0.3, -0.25) is 0 Å². The highest BCUT2D eigenvalue weighted by Crippen LogP contribution is 2.28. The first-order chi connectivity index (χ1) is 7.27. The monoisotopic (exact) mass is 210 g/mol. The van der Waals surface area contributed by atoms with Crippen LogP contribution in [0.15, 0.2) is 42.0 Å². The Bertz CT molecular complexity index is 351. The smallest absolute Gasteiger partial charge is 0.272 e.